The summed E-state index contributed by atoms with van der Waals surface area (Å²) in [5.74, 6) is -2.05. The number of carbonyl (C=O) groups is 3. The molecule has 0 radical (unpaired) electrons. The fourth-order valence-electron chi connectivity index (χ4n) is 2.57. The highest BCUT2D eigenvalue weighted by molar-refractivity contribution is 6.08. The van der Waals surface area contributed by atoms with Gasteiger partial charge in [0.05, 0.1) is 13.2 Å². The Labute approximate surface area is 113 Å². The number of esters is 2. The number of likely N-dealkylation sites (tertiary alicyclic amines) is 1. The number of carbonyl (C=O) groups excluding carboxylic acids is 3. The van der Waals surface area contributed by atoms with E-state index in [0.29, 0.717) is 13.0 Å². The number of nitrogens with zero attached hydrogens (tertiary/aromatic N) is 1. The predicted molar refractivity (Wildman–Crippen MR) is 67.2 cm³/mol. The SMILES string of the molecule is CCOC(=O)C1(C(=O)OCC)C(C)CCN1C(C)=O. The molecule has 0 aromatic rings. The van der Waals surface area contributed by atoms with Crippen LogP contribution in [0.5, 0.6) is 0 Å². The van der Waals surface area contributed by atoms with Gasteiger partial charge in [-0.05, 0) is 20.3 Å². The summed E-state index contributed by atoms with van der Waals surface area (Å²) in [6, 6.07) is 0. The third-order valence-electron chi connectivity index (χ3n) is 3.48. The van der Waals surface area contributed by atoms with E-state index < -0.39 is 17.5 Å². The Morgan fingerprint density at radius 1 is 1.16 bits per heavy atom. The molecule has 108 valence electrons. The largest absolute Gasteiger partial charge is 0.464 e. The molecule has 1 saturated heterocycles. The normalized spacial score (nSPS) is 21.1. The molecule has 0 aromatic heterocycles. The van der Waals surface area contributed by atoms with E-state index >= 15 is 0 Å². The minimum atomic E-state index is -1.63. The second-order valence-electron chi connectivity index (χ2n) is 4.57. The van der Waals surface area contributed by atoms with Gasteiger partial charge in [0, 0.05) is 19.4 Å². The van der Waals surface area contributed by atoms with Crippen molar-refractivity contribution in [2.24, 2.45) is 5.92 Å². The minimum absolute atomic E-state index is 0.151. The van der Waals surface area contributed by atoms with Crippen molar-refractivity contribution in [3.05, 3.63) is 0 Å². The molecule has 0 saturated carbocycles. The van der Waals surface area contributed by atoms with Crippen LogP contribution in [-0.4, -0.2) is 48.0 Å². The number of rotatable bonds is 4. The Morgan fingerprint density at radius 2 is 1.63 bits per heavy atom. The van der Waals surface area contributed by atoms with Gasteiger partial charge in [0.25, 0.3) is 0 Å². The van der Waals surface area contributed by atoms with Gasteiger partial charge in [-0.25, -0.2) is 9.59 Å². The first-order chi connectivity index (χ1) is 8.92. The Hall–Kier alpha value is -1.59. The third-order valence-corrected chi connectivity index (χ3v) is 3.48. The molecule has 6 nitrogen and oxygen atoms in total. The van der Waals surface area contributed by atoms with E-state index in [-0.39, 0.29) is 25.0 Å². The van der Waals surface area contributed by atoms with Gasteiger partial charge in [0.15, 0.2) is 0 Å². The lowest BCUT2D eigenvalue weighted by Crippen LogP contribution is -2.62. The highest BCUT2D eigenvalue weighted by atomic mass is 16.6. The second kappa shape index (κ2) is 6.04. The standard InChI is InChI=1S/C13H21NO5/c1-5-18-11(16)13(12(17)19-6-2)9(3)7-8-14(13)10(4)15/h9H,5-8H2,1-4H3. The quantitative estimate of drug-likeness (QED) is 0.557. The summed E-state index contributed by atoms with van der Waals surface area (Å²) >= 11 is 0. The van der Waals surface area contributed by atoms with Crippen molar-refractivity contribution in [1.82, 2.24) is 4.90 Å². The maximum absolute atomic E-state index is 12.3. The third kappa shape index (κ3) is 2.43. The molecule has 1 rings (SSSR count). The van der Waals surface area contributed by atoms with Gasteiger partial charge in [0.1, 0.15) is 0 Å². The number of ether oxygens (including phenoxy) is 2. The smallest absolute Gasteiger partial charge is 0.344 e. The van der Waals surface area contributed by atoms with Gasteiger partial charge in [-0.3, -0.25) is 4.79 Å². The Kier molecular flexibility index (Phi) is 4.91. The average Bonchev–Trinajstić information content (AvgIpc) is 2.68. The highest BCUT2D eigenvalue weighted by Gasteiger charge is 2.61. The van der Waals surface area contributed by atoms with Crippen LogP contribution < -0.4 is 0 Å². The Balaban J connectivity index is 3.26. The molecule has 0 bridgehead atoms. The van der Waals surface area contributed by atoms with Gasteiger partial charge >= 0.3 is 11.9 Å². The van der Waals surface area contributed by atoms with Crippen LogP contribution in [0.1, 0.15) is 34.1 Å². The van der Waals surface area contributed by atoms with Crippen LogP contribution in [0.2, 0.25) is 0 Å². The second-order valence-corrected chi connectivity index (χ2v) is 4.57. The molecular formula is C13H21NO5. The van der Waals surface area contributed by atoms with E-state index in [1.807, 2.05) is 0 Å². The lowest BCUT2D eigenvalue weighted by atomic mass is 9.85. The number of hydrogen-bond donors (Lipinski definition) is 0. The molecule has 1 aliphatic heterocycles. The molecule has 19 heavy (non-hydrogen) atoms. The first kappa shape index (κ1) is 15.5. The maximum atomic E-state index is 12.3. The highest BCUT2D eigenvalue weighted by Crippen LogP contribution is 2.37. The summed E-state index contributed by atoms with van der Waals surface area (Å²) in [7, 11) is 0. The molecule has 0 aromatic carbocycles. The van der Waals surface area contributed by atoms with Gasteiger partial charge < -0.3 is 14.4 Å². The van der Waals surface area contributed by atoms with Crippen LogP contribution in [0.4, 0.5) is 0 Å². The van der Waals surface area contributed by atoms with E-state index in [0.717, 1.165) is 0 Å². The molecule has 1 unspecified atom stereocenters. The average molecular weight is 271 g/mol. The van der Waals surface area contributed by atoms with Crippen LogP contribution >= 0.6 is 0 Å². The molecule has 1 atom stereocenters. The summed E-state index contributed by atoms with van der Waals surface area (Å²) in [5, 5.41) is 0. The zero-order chi connectivity index (χ0) is 14.6. The molecule has 0 aliphatic carbocycles. The van der Waals surface area contributed by atoms with E-state index in [4.69, 9.17) is 9.47 Å². The van der Waals surface area contributed by atoms with E-state index in [1.54, 1.807) is 20.8 Å². The van der Waals surface area contributed by atoms with Gasteiger partial charge in [-0.15, -0.1) is 0 Å². The van der Waals surface area contributed by atoms with Crippen LogP contribution in [-0.2, 0) is 23.9 Å². The van der Waals surface area contributed by atoms with Crippen molar-refractivity contribution in [2.45, 2.75) is 39.7 Å². The van der Waals surface area contributed by atoms with E-state index in [2.05, 4.69) is 0 Å². The van der Waals surface area contributed by atoms with E-state index in [1.165, 1.54) is 11.8 Å². The lowest BCUT2D eigenvalue weighted by Gasteiger charge is -2.35. The summed E-state index contributed by atoms with van der Waals surface area (Å²) in [4.78, 5) is 37.6. The van der Waals surface area contributed by atoms with Crippen molar-refractivity contribution in [3.8, 4) is 0 Å². The Morgan fingerprint density at radius 3 is 2.00 bits per heavy atom. The number of hydrogen-bond acceptors (Lipinski definition) is 5. The van der Waals surface area contributed by atoms with Gasteiger partial charge in [0.2, 0.25) is 11.4 Å². The summed E-state index contributed by atoms with van der Waals surface area (Å²) < 4.78 is 10.0. The molecule has 1 heterocycles. The zero-order valence-corrected chi connectivity index (χ0v) is 11.9. The van der Waals surface area contributed by atoms with Crippen molar-refractivity contribution >= 4 is 17.8 Å². The van der Waals surface area contributed by atoms with Crippen LogP contribution in [0, 0.1) is 5.92 Å². The zero-order valence-electron chi connectivity index (χ0n) is 11.9. The predicted octanol–water partition coefficient (Wildman–Crippen LogP) is 0.740. The molecule has 6 heteroatoms. The lowest BCUT2D eigenvalue weighted by molar-refractivity contribution is -0.178. The maximum Gasteiger partial charge on any atom is 0.344 e. The molecule has 0 spiro atoms. The van der Waals surface area contributed by atoms with Gasteiger partial charge in [-0.1, -0.05) is 6.92 Å². The van der Waals surface area contributed by atoms with Crippen molar-refractivity contribution in [2.75, 3.05) is 19.8 Å². The van der Waals surface area contributed by atoms with Crippen molar-refractivity contribution < 1.29 is 23.9 Å². The number of amides is 1. The summed E-state index contributed by atoms with van der Waals surface area (Å²) in [6.07, 6.45) is 0.567. The van der Waals surface area contributed by atoms with Crippen molar-refractivity contribution in [1.29, 1.82) is 0 Å². The monoisotopic (exact) mass is 271 g/mol. The molecular weight excluding hydrogens is 250 g/mol. The van der Waals surface area contributed by atoms with Gasteiger partial charge in [-0.2, -0.15) is 0 Å². The summed E-state index contributed by atoms with van der Waals surface area (Å²) in [5.41, 5.74) is -1.63. The molecule has 1 fully saturated rings. The van der Waals surface area contributed by atoms with Crippen molar-refractivity contribution in [3.63, 3.8) is 0 Å². The summed E-state index contributed by atoms with van der Waals surface area (Å²) in [6.45, 7) is 7.08. The fraction of sp³-hybridized carbons (Fsp3) is 0.769. The first-order valence-corrected chi connectivity index (χ1v) is 6.55. The Bertz CT molecular complexity index is 361. The molecule has 0 N–H and O–H groups in total. The first-order valence-electron chi connectivity index (χ1n) is 6.55. The minimum Gasteiger partial charge on any atom is -0.464 e. The van der Waals surface area contributed by atoms with Crippen LogP contribution in [0.3, 0.4) is 0 Å². The fourth-order valence-corrected chi connectivity index (χ4v) is 2.57. The van der Waals surface area contributed by atoms with Crippen LogP contribution in [0.15, 0.2) is 0 Å². The van der Waals surface area contributed by atoms with Crippen LogP contribution in [0.25, 0.3) is 0 Å². The molecule has 1 amide bonds. The topological polar surface area (TPSA) is 72.9 Å². The molecule has 1 aliphatic rings. The van der Waals surface area contributed by atoms with E-state index in [9.17, 15) is 14.4 Å².